The molecule has 1 heterocycles. The molecule has 0 radical (unpaired) electrons. The zero-order valence-corrected chi connectivity index (χ0v) is 20.3. The SMILES string of the molecule is CCN(CC)C(CNC(=NC)NCC1CC(=O)N(CCc2ccccc2)C1)c1ccccc1. The fraction of sp³-hybridized carbons (Fsp3) is 0.481. The standard InChI is InChI=1S/C27H39N5O/c1-4-31(5-2)25(24-14-10-7-11-15-24)20-30-27(28-3)29-19-23-18-26(33)32(21-23)17-16-22-12-8-6-9-13-22/h6-15,23,25H,4-5,16-21H2,1-3H3,(H2,28,29,30). The molecule has 6 nitrogen and oxygen atoms in total. The Kier molecular flexibility index (Phi) is 9.76. The Morgan fingerprint density at radius 3 is 2.36 bits per heavy atom. The van der Waals surface area contributed by atoms with E-state index >= 15 is 0 Å². The van der Waals surface area contributed by atoms with Crippen LogP contribution in [0.2, 0.25) is 0 Å². The molecule has 2 aromatic rings. The first-order valence-electron chi connectivity index (χ1n) is 12.2. The molecule has 1 amide bonds. The van der Waals surface area contributed by atoms with E-state index in [1.165, 1.54) is 11.1 Å². The number of benzene rings is 2. The van der Waals surface area contributed by atoms with Crippen molar-refractivity contribution in [2.75, 3.05) is 46.3 Å². The van der Waals surface area contributed by atoms with Gasteiger partial charge in [-0.05, 0) is 30.6 Å². The number of hydrogen-bond acceptors (Lipinski definition) is 3. The number of likely N-dealkylation sites (tertiary alicyclic amines) is 1. The largest absolute Gasteiger partial charge is 0.356 e. The van der Waals surface area contributed by atoms with Crippen LogP contribution in [0, 0.1) is 5.92 Å². The molecule has 6 heteroatoms. The first kappa shape index (κ1) is 24.8. The Labute approximate surface area is 199 Å². The van der Waals surface area contributed by atoms with E-state index in [2.05, 4.69) is 89.0 Å². The number of amides is 1. The first-order valence-corrected chi connectivity index (χ1v) is 12.2. The van der Waals surface area contributed by atoms with Crippen molar-refractivity contribution in [2.24, 2.45) is 10.9 Å². The summed E-state index contributed by atoms with van der Waals surface area (Å²) in [7, 11) is 1.80. The lowest BCUT2D eigenvalue weighted by atomic mass is 10.1. The van der Waals surface area contributed by atoms with Gasteiger partial charge in [0.05, 0.1) is 6.04 Å². The summed E-state index contributed by atoms with van der Waals surface area (Å²) in [4.78, 5) is 21.4. The highest BCUT2D eigenvalue weighted by molar-refractivity contribution is 5.81. The molecule has 1 fully saturated rings. The van der Waals surface area contributed by atoms with E-state index in [1.54, 1.807) is 7.05 Å². The number of nitrogens with zero attached hydrogens (tertiary/aromatic N) is 3. The molecule has 2 atom stereocenters. The van der Waals surface area contributed by atoms with Crippen molar-refractivity contribution >= 4 is 11.9 Å². The van der Waals surface area contributed by atoms with Gasteiger partial charge in [-0.15, -0.1) is 0 Å². The molecule has 0 aliphatic carbocycles. The van der Waals surface area contributed by atoms with E-state index in [0.29, 0.717) is 12.3 Å². The third-order valence-electron chi connectivity index (χ3n) is 6.49. The molecule has 0 spiro atoms. The summed E-state index contributed by atoms with van der Waals surface area (Å²) in [6.07, 6.45) is 1.51. The predicted molar refractivity (Wildman–Crippen MR) is 136 cm³/mol. The zero-order valence-electron chi connectivity index (χ0n) is 20.3. The van der Waals surface area contributed by atoms with E-state index in [9.17, 15) is 4.79 Å². The van der Waals surface area contributed by atoms with Crippen molar-refractivity contribution in [1.82, 2.24) is 20.4 Å². The number of aliphatic imine (C=N–C) groups is 1. The van der Waals surface area contributed by atoms with Crippen LogP contribution in [0.3, 0.4) is 0 Å². The maximum Gasteiger partial charge on any atom is 0.223 e. The van der Waals surface area contributed by atoms with Crippen LogP contribution in [0.25, 0.3) is 0 Å². The molecule has 0 aromatic heterocycles. The third kappa shape index (κ3) is 7.32. The van der Waals surface area contributed by atoms with Crippen molar-refractivity contribution in [3.8, 4) is 0 Å². The fourth-order valence-electron chi connectivity index (χ4n) is 4.57. The normalized spacial score (nSPS) is 17.5. The van der Waals surface area contributed by atoms with E-state index in [1.807, 2.05) is 11.0 Å². The van der Waals surface area contributed by atoms with Crippen molar-refractivity contribution < 1.29 is 4.79 Å². The van der Waals surface area contributed by atoms with Gasteiger partial charge in [0.2, 0.25) is 5.91 Å². The maximum atomic E-state index is 12.5. The van der Waals surface area contributed by atoms with Gasteiger partial charge >= 0.3 is 0 Å². The van der Waals surface area contributed by atoms with Gasteiger partial charge in [-0.3, -0.25) is 14.7 Å². The molecule has 1 aliphatic heterocycles. The summed E-state index contributed by atoms with van der Waals surface area (Å²) in [5.74, 6) is 1.35. The second kappa shape index (κ2) is 13.0. The average Bonchev–Trinajstić information content (AvgIpc) is 3.22. The molecule has 0 saturated carbocycles. The summed E-state index contributed by atoms with van der Waals surface area (Å²) in [6.45, 7) is 9.50. The predicted octanol–water partition coefficient (Wildman–Crippen LogP) is 3.33. The highest BCUT2D eigenvalue weighted by Crippen LogP contribution is 2.20. The number of carbonyl (C=O) groups is 1. The van der Waals surface area contributed by atoms with Crippen LogP contribution in [0.5, 0.6) is 0 Å². The van der Waals surface area contributed by atoms with Crippen LogP contribution in [-0.2, 0) is 11.2 Å². The van der Waals surface area contributed by atoms with Gasteiger partial charge < -0.3 is 15.5 Å². The van der Waals surface area contributed by atoms with Crippen LogP contribution in [0.15, 0.2) is 65.7 Å². The molecule has 1 aliphatic rings. The third-order valence-corrected chi connectivity index (χ3v) is 6.49. The van der Waals surface area contributed by atoms with Crippen molar-refractivity contribution in [1.29, 1.82) is 0 Å². The fourth-order valence-corrected chi connectivity index (χ4v) is 4.57. The summed E-state index contributed by atoms with van der Waals surface area (Å²) < 4.78 is 0. The van der Waals surface area contributed by atoms with E-state index in [-0.39, 0.29) is 11.9 Å². The maximum absolute atomic E-state index is 12.5. The van der Waals surface area contributed by atoms with Crippen LogP contribution in [0.4, 0.5) is 0 Å². The molecule has 178 valence electrons. The molecule has 0 bridgehead atoms. The summed E-state index contributed by atoms with van der Waals surface area (Å²) in [6, 6.07) is 21.3. The Morgan fingerprint density at radius 2 is 1.73 bits per heavy atom. The number of hydrogen-bond donors (Lipinski definition) is 2. The van der Waals surface area contributed by atoms with Crippen LogP contribution < -0.4 is 10.6 Å². The van der Waals surface area contributed by atoms with Gasteiger partial charge in [0.25, 0.3) is 0 Å². The topological polar surface area (TPSA) is 60.0 Å². The minimum Gasteiger partial charge on any atom is -0.356 e. The lowest BCUT2D eigenvalue weighted by molar-refractivity contribution is -0.127. The lowest BCUT2D eigenvalue weighted by Gasteiger charge is -2.31. The van der Waals surface area contributed by atoms with Gasteiger partial charge in [-0.1, -0.05) is 74.5 Å². The smallest absolute Gasteiger partial charge is 0.223 e. The molecule has 33 heavy (non-hydrogen) atoms. The Balaban J connectivity index is 1.48. The zero-order chi connectivity index (χ0) is 23.5. The summed E-state index contributed by atoms with van der Waals surface area (Å²) in [5, 5.41) is 6.96. The van der Waals surface area contributed by atoms with E-state index in [0.717, 1.165) is 51.6 Å². The number of carbonyl (C=O) groups excluding carboxylic acids is 1. The Morgan fingerprint density at radius 1 is 1.06 bits per heavy atom. The van der Waals surface area contributed by atoms with Crippen LogP contribution in [-0.4, -0.2) is 68.0 Å². The molecule has 2 unspecified atom stereocenters. The summed E-state index contributed by atoms with van der Waals surface area (Å²) >= 11 is 0. The quantitative estimate of drug-likeness (QED) is 0.408. The molecule has 1 saturated heterocycles. The van der Waals surface area contributed by atoms with Gasteiger partial charge in [0.15, 0.2) is 5.96 Å². The van der Waals surface area contributed by atoms with Crippen molar-refractivity contribution in [2.45, 2.75) is 32.7 Å². The minimum atomic E-state index is 0.256. The monoisotopic (exact) mass is 449 g/mol. The van der Waals surface area contributed by atoms with Crippen molar-refractivity contribution in [3.63, 3.8) is 0 Å². The van der Waals surface area contributed by atoms with Crippen LogP contribution in [0.1, 0.15) is 37.4 Å². The highest BCUT2D eigenvalue weighted by Gasteiger charge is 2.29. The van der Waals surface area contributed by atoms with E-state index in [4.69, 9.17) is 0 Å². The van der Waals surface area contributed by atoms with Gasteiger partial charge in [0, 0.05) is 45.6 Å². The molecule has 2 N–H and O–H groups in total. The lowest BCUT2D eigenvalue weighted by Crippen LogP contribution is -2.44. The Bertz CT molecular complexity index is 867. The highest BCUT2D eigenvalue weighted by atomic mass is 16.2. The first-order chi connectivity index (χ1) is 16.1. The van der Waals surface area contributed by atoms with Gasteiger partial charge in [-0.2, -0.15) is 0 Å². The minimum absolute atomic E-state index is 0.256. The number of likely N-dealkylation sites (N-methyl/N-ethyl adjacent to an activating group) is 1. The summed E-state index contributed by atoms with van der Waals surface area (Å²) in [5.41, 5.74) is 2.58. The second-order valence-corrected chi connectivity index (χ2v) is 8.63. The average molecular weight is 450 g/mol. The number of rotatable bonds is 11. The molecular weight excluding hydrogens is 410 g/mol. The molecular formula is C27H39N5O. The molecule has 2 aromatic carbocycles. The molecule has 3 rings (SSSR count). The van der Waals surface area contributed by atoms with Gasteiger partial charge in [-0.25, -0.2) is 0 Å². The number of nitrogens with one attached hydrogen (secondary N) is 2. The second-order valence-electron chi connectivity index (χ2n) is 8.63. The van der Waals surface area contributed by atoms with Crippen molar-refractivity contribution in [3.05, 3.63) is 71.8 Å². The Hall–Kier alpha value is -2.86. The van der Waals surface area contributed by atoms with Gasteiger partial charge in [0.1, 0.15) is 0 Å². The number of guanidine groups is 1. The van der Waals surface area contributed by atoms with E-state index < -0.39 is 0 Å². The van der Waals surface area contributed by atoms with Crippen LogP contribution >= 0.6 is 0 Å².